The van der Waals surface area contributed by atoms with E-state index >= 15 is 0 Å². The average Bonchev–Trinajstić information content (AvgIpc) is 3.44. The first-order chi connectivity index (χ1) is 16.0. The minimum atomic E-state index is -2.14. The lowest BCUT2D eigenvalue weighted by molar-refractivity contribution is -0.121. The number of nitrogens with one attached hydrogen (secondary N) is 2. The second kappa shape index (κ2) is 10.5. The van der Waals surface area contributed by atoms with Crippen molar-refractivity contribution in [3.05, 3.63) is 82.9 Å². The van der Waals surface area contributed by atoms with Gasteiger partial charge < -0.3 is 9.84 Å². The van der Waals surface area contributed by atoms with Crippen LogP contribution < -0.4 is 10.0 Å². The number of anilines is 1. The summed E-state index contributed by atoms with van der Waals surface area (Å²) < 4.78 is 27.4. The molecular weight excluding hydrogens is 462 g/mol. The number of hydrogen-bond acceptors (Lipinski definition) is 7. The van der Waals surface area contributed by atoms with Crippen LogP contribution in [-0.4, -0.2) is 29.8 Å². The second-order valence-corrected chi connectivity index (χ2v) is 8.79. The summed E-state index contributed by atoms with van der Waals surface area (Å²) in [5.74, 6) is 0.463. The van der Waals surface area contributed by atoms with Crippen molar-refractivity contribution in [3.63, 3.8) is 0 Å². The molecule has 0 saturated carbocycles. The van der Waals surface area contributed by atoms with E-state index in [-0.39, 0.29) is 24.3 Å². The predicted octanol–water partition coefficient (Wildman–Crippen LogP) is 3.69. The first-order valence-corrected chi connectivity index (χ1v) is 12.0. The minimum Gasteiger partial charge on any atom is -0.347 e. The number of carbonyl (C=O) groups excluding carboxylic acids is 1. The van der Waals surface area contributed by atoms with Crippen LogP contribution in [0.2, 0.25) is 0 Å². The summed E-state index contributed by atoms with van der Waals surface area (Å²) in [7, 11) is 0. The van der Waals surface area contributed by atoms with E-state index in [0.717, 1.165) is 21.8 Å². The average molecular weight is 484 g/mol. The van der Waals surface area contributed by atoms with Crippen LogP contribution >= 0.6 is 11.3 Å². The van der Waals surface area contributed by atoms with Gasteiger partial charge in [-0.3, -0.25) is 14.1 Å². The van der Waals surface area contributed by atoms with Gasteiger partial charge in [-0.05, 0) is 31.0 Å². The molecule has 0 radical (unpaired) electrons. The van der Waals surface area contributed by atoms with Crippen molar-refractivity contribution >= 4 is 34.2 Å². The highest BCUT2D eigenvalue weighted by Gasteiger charge is 2.20. The number of benzene rings is 2. The number of hydrogen-bond donors (Lipinski definition) is 3. The van der Waals surface area contributed by atoms with E-state index < -0.39 is 11.3 Å². The van der Waals surface area contributed by atoms with Gasteiger partial charge in [0.15, 0.2) is 5.82 Å². The summed E-state index contributed by atoms with van der Waals surface area (Å²) in [5.41, 5.74) is 3.20. The fourth-order valence-corrected chi connectivity index (χ4v) is 4.45. The van der Waals surface area contributed by atoms with Crippen molar-refractivity contribution in [2.24, 2.45) is 0 Å². The van der Waals surface area contributed by atoms with E-state index in [1.54, 1.807) is 19.1 Å². The highest BCUT2D eigenvalue weighted by molar-refractivity contribution is 7.80. The summed E-state index contributed by atoms with van der Waals surface area (Å²) in [6.45, 7) is 1.69. The quantitative estimate of drug-likeness (QED) is 0.310. The highest BCUT2D eigenvalue weighted by Crippen LogP contribution is 2.28. The number of rotatable bonds is 9. The Morgan fingerprint density at radius 1 is 1.15 bits per heavy atom. The van der Waals surface area contributed by atoms with Gasteiger partial charge >= 0.3 is 0 Å². The van der Waals surface area contributed by atoms with Crippen LogP contribution in [0.15, 0.2) is 64.5 Å². The van der Waals surface area contributed by atoms with E-state index in [1.807, 2.05) is 47.8 Å². The van der Waals surface area contributed by atoms with Gasteiger partial charge in [-0.1, -0.05) is 47.6 Å². The third-order valence-electron chi connectivity index (χ3n) is 4.72. The number of amides is 1. The van der Waals surface area contributed by atoms with E-state index in [1.165, 1.54) is 11.3 Å². The molecule has 2 atom stereocenters. The monoisotopic (exact) mass is 483 g/mol. The van der Waals surface area contributed by atoms with Gasteiger partial charge in [0.25, 0.3) is 11.3 Å². The van der Waals surface area contributed by atoms with Crippen LogP contribution in [0.3, 0.4) is 0 Å². The number of aryl methyl sites for hydroxylation is 1. The zero-order valence-corrected chi connectivity index (χ0v) is 19.2. The smallest absolute Gasteiger partial charge is 0.259 e. The molecule has 9 nitrogen and oxygen atoms in total. The third kappa shape index (κ3) is 6.31. The van der Waals surface area contributed by atoms with E-state index in [9.17, 15) is 9.00 Å². The first kappa shape index (κ1) is 22.8. The Bertz CT molecular complexity index is 1240. The van der Waals surface area contributed by atoms with Gasteiger partial charge in [0.05, 0.1) is 11.7 Å². The fourth-order valence-electron chi connectivity index (χ4n) is 3.23. The Morgan fingerprint density at radius 3 is 2.58 bits per heavy atom. The third-order valence-corrected chi connectivity index (χ3v) is 6.04. The molecule has 0 fully saturated rings. The van der Waals surface area contributed by atoms with Crippen molar-refractivity contribution in [1.82, 2.24) is 20.4 Å². The Hall–Kier alpha value is -3.41. The topological polar surface area (TPSA) is 130 Å². The zero-order valence-electron chi connectivity index (χ0n) is 17.6. The largest absolute Gasteiger partial charge is 0.347 e. The van der Waals surface area contributed by atoms with E-state index in [4.69, 9.17) is 14.1 Å². The summed E-state index contributed by atoms with van der Waals surface area (Å²) in [6.07, 6.45) is 0.452. The van der Waals surface area contributed by atoms with Gasteiger partial charge in [-0.25, -0.2) is 9.19 Å². The molecule has 3 N–H and O–H groups in total. The maximum absolute atomic E-state index is 12.7. The molecule has 1 amide bonds. The summed E-state index contributed by atoms with van der Waals surface area (Å²) >= 11 is -0.630. The normalized spacial score (nSPS) is 12.8. The van der Waals surface area contributed by atoms with Crippen LogP contribution in [0.5, 0.6) is 0 Å². The van der Waals surface area contributed by atoms with Gasteiger partial charge in [-0.15, -0.1) is 11.3 Å². The predicted molar refractivity (Wildman–Crippen MR) is 126 cm³/mol. The maximum Gasteiger partial charge on any atom is 0.259 e. The van der Waals surface area contributed by atoms with E-state index in [0.29, 0.717) is 17.9 Å². The molecule has 33 heavy (non-hydrogen) atoms. The lowest BCUT2D eigenvalue weighted by atomic mass is 10.0. The van der Waals surface area contributed by atoms with E-state index in [2.05, 4.69) is 20.2 Å². The van der Waals surface area contributed by atoms with Crippen molar-refractivity contribution in [2.75, 3.05) is 4.72 Å². The van der Waals surface area contributed by atoms with Crippen molar-refractivity contribution in [2.45, 2.75) is 25.8 Å². The summed E-state index contributed by atoms with van der Waals surface area (Å²) in [4.78, 5) is 21.6. The number of carbonyl (C=O) groups is 1. The second-order valence-electron chi connectivity index (χ2n) is 7.23. The Balaban J connectivity index is 1.54. The molecule has 0 bridgehead atoms. The lowest BCUT2D eigenvalue weighted by Gasteiger charge is -2.17. The number of nitrogens with zero attached hydrogens (tertiary/aromatic N) is 3. The highest BCUT2D eigenvalue weighted by atomic mass is 32.2. The summed E-state index contributed by atoms with van der Waals surface area (Å²) in [6, 6.07) is 16.5. The molecule has 0 saturated heterocycles. The SMILES string of the molecule is Cc1noc(CC(=O)N[C@@H](Cc2ccc(NS(=O)O)cc2)c2csc(-c3ccccc3)n2)n1. The van der Waals surface area contributed by atoms with Gasteiger partial charge in [0.1, 0.15) is 11.4 Å². The van der Waals surface area contributed by atoms with Gasteiger partial charge in [-0.2, -0.15) is 4.98 Å². The molecule has 0 aliphatic rings. The molecule has 11 heteroatoms. The molecule has 0 spiro atoms. The molecule has 2 heterocycles. The molecule has 4 rings (SSSR count). The van der Waals surface area contributed by atoms with Gasteiger partial charge in [0, 0.05) is 16.6 Å². The molecule has 1 unspecified atom stereocenters. The van der Waals surface area contributed by atoms with Crippen molar-refractivity contribution in [3.8, 4) is 10.6 Å². The van der Waals surface area contributed by atoms with Crippen molar-refractivity contribution in [1.29, 1.82) is 0 Å². The standard InChI is InChI=1S/C22H21N5O4S2/c1-14-23-21(31-26-14)12-20(28)24-18(11-15-7-9-17(10-8-15)27-33(29)30)19-13-32-22(25-19)16-5-3-2-4-6-16/h2-10,13,18,27H,11-12H2,1H3,(H,24,28)(H,29,30)/t18-/m0/s1. The molecule has 4 aromatic rings. The summed E-state index contributed by atoms with van der Waals surface area (Å²) in [5, 5.41) is 9.55. The van der Waals surface area contributed by atoms with Crippen LogP contribution in [0, 0.1) is 6.92 Å². The van der Waals surface area contributed by atoms with Crippen LogP contribution in [0.1, 0.15) is 29.0 Å². The zero-order chi connectivity index (χ0) is 23.2. The molecule has 170 valence electrons. The Morgan fingerprint density at radius 2 is 1.91 bits per heavy atom. The minimum absolute atomic E-state index is 0.0296. The first-order valence-electron chi connectivity index (χ1n) is 10.0. The Labute approximate surface area is 196 Å². The number of aromatic nitrogens is 3. The van der Waals surface area contributed by atoms with Crippen LogP contribution in [0.25, 0.3) is 10.6 Å². The van der Waals surface area contributed by atoms with Crippen molar-refractivity contribution < 1.29 is 18.1 Å². The molecule has 2 aromatic heterocycles. The molecule has 0 aliphatic heterocycles. The fraction of sp³-hybridized carbons (Fsp3) is 0.182. The molecule has 2 aromatic carbocycles. The van der Waals surface area contributed by atoms with Crippen LogP contribution in [0.4, 0.5) is 5.69 Å². The lowest BCUT2D eigenvalue weighted by Crippen LogP contribution is -2.31. The van der Waals surface area contributed by atoms with Gasteiger partial charge in [0.2, 0.25) is 11.8 Å². The Kier molecular flexibility index (Phi) is 7.23. The number of thiazole rings is 1. The maximum atomic E-state index is 12.7. The molecular formula is C22H21N5O4S2. The van der Waals surface area contributed by atoms with Crippen LogP contribution in [-0.2, 0) is 28.9 Å². The molecule has 0 aliphatic carbocycles.